The second kappa shape index (κ2) is 8.03. The van der Waals surface area contributed by atoms with Gasteiger partial charge in [0.2, 0.25) is 5.95 Å². The molecule has 2 N–H and O–H groups in total. The van der Waals surface area contributed by atoms with Crippen LogP contribution in [0.3, 0.4) is 0 Å². The summed E-state index contributed by atoms with van der Waals surface area (Å²) in [6, 6.07) is 11.5. The van der Waals surface area contributed by atoms with Crippen molar-refractivity contribution in [3.8, 4) is 11.5 Å². The van der Waals surface area contributed by atoms with E-state index in [2.05, 4.69) is 20.6 Å². The van der Waals surface area contributed by atoms with Gasteiger partial charge in [0.05, 0.1) is 25.5 Å². The number of hydrogen-bond acceptors (Lipinski definition) is 6. The van der Waals surface area contributed by atoms with Gasteiger partial charge in [0.15, 0.2) is 0 Å². The molecule has 0 saturated carbocycles. The Balaban J connectivity index is 1.76. The average molecular weight is 390 g/mol. The zero-order valence-electron chi connectivity index (χ0n) is 15.0. The quantitative estimate of drug-likeness (QED) is 0.617. The van der Waals surface area contributed by atoms with Crippen molar-refractivity contribution in [1.82, 2.24) is 9.97 Å². The van der Waals surface area contributed by atoms with E-state index in [4.69, 9.17) is 9.47 Å². The second-order valence-electron chi connectivity index (χ2n) is 5.66. The molecule has 0 radical (unpaired) electrons. The van der Waals surface area contributed by atoms with Gasteiger partial charge < -0.3 is 20.1 Å². The number of benzene rings is 2. The van der Waals surface area contributed by atoms with E-state index in [-0.39, 0.29) is 0 Å². The fourth-order valence-corrected chi connectivity index (χ4v) is 2.40. The summed E-state index contributed by atoms with van der Waals surface area (Å²) in [4.78, 5) is 8.45. The fraction of sp³-hybridized carbons (Fsp3) is 0.158. The van der Waals surface area contributed by atoms with Crippen molar-refractivity contribution in [2.45, 2.75) is 6.18 Å². The van der Waals surface area contributed by atoms with E-state index >= 15 is 0 Å². The summed E-state index contributed by atoms with van der Waals surface area (Å²) in [5.41, 5.74) is 0.393. The van der Waals surface area contributed by atoms with Gasteiger partial charge in [-0.15, -0.1) is 0 Å². The van der Waals surface area contributed by atoms with Crippen molar-refractivity contribution in [3.05, 3.63) is 60.3 Å². The molecule has 3 rings (SSSR count). The molecule has 0 fully saturated rings. The molecule has 28 heavy (non-hydrogen) atoms. The Labute approximate surface area is 159 Å². The number of ether oxygens (including phenoxy) is 2. The van der Waals surface area contributed by atoms with Crippen molar-refractivity contribution in [2.75, 3.05) is 24.9 Å². The third-order valence-corrected chi connectivity index (χ3v) is 3.80. The van der Waals surface area contributed by atoms with E-state index in [9.17, 15) is 13.2 Å². The van der Waals surface area contributed by atoms with E-state index in [1.807, 2.05) is 0 Å². The third-order valence-electron chi connectivity index (χ3n) is 3.80. The summed E-state index contributed by atoms with van der Waals surface area (Å²) in [6.45, 7) is 0. The third kappa shape index (κ3) is 4.61. The lowest BCUT2D eigenvalue weighted by Gasteiger charge is -2.12. The monoisotopic (exact) mass is 390 g/mol. The SMILES string of the molecule is COc1ccc(Nc2nccc(Nc3ccc(C(F)(F)F)cc3)n2)c(OC)c1. The molecule has 3 aromatic rings. The lowest BCUT2D eigenvalue weighted by molar-refractivity contribution is -0.137. The van der Waals surface area contributed by atoms with Gasteiger partial charge in [-0.3, -0.25) is 0 Å². The molecule has 1 aromatic heterocycles. The van der Waals surface area contributed by atoms with Gasteiger partial charge in [0.1, 0.15) is 17.3 Å². The zero-order valence-corrected chi connectivity index (χ0v) is 15.0. The van der Waals surface area contributed by atoms with Crippen LogP contribution in [0.15, 0.2) is 54.7 Å². The first-order chi connectivity index (χ1) is 13.4. The molecule has 0 atom stereocenters. The predicted molar refractivity (Wildman–Crippen MR) is 99.6 cm³/mol. The average Bonchev–Trinajstić information content (AvgIpc) is 2.68. The van der Waals surface area contributed by atoms with Crippen molar-refractivity contribution in [2.24, 2.45) is 0 Å². The van der Waals surface area contributed by atoms with Gasteiger partial charge in [-0.25, -0.2) is 4.98 Å². The van der Waals surface area contributed by atoms with Crippen LogP contribution in [0.25, 0.3) is 0 Å². The molecule has 0 aliphatic carbocycles. The number of anilines is 4. The topological polar surface area (TPSA) is 68.3 Å². The van der Waals surface area contributed by atoms with Crippen LogP contribution < -0.4 is 20.1 Å². The molecule has 6 nitrogen and oxygen atoms in total. The molecule has 2 aromatic carbocycles. The maximum atomic E-state index is 12.6. The van der Waals surface area contributed by atoms with Gasteiger partial charge in [-0.2, -0.15) is 18.2 Å². The Morgan fingerprint density at radius 3 is 2.29 bits per heavy atom. The summed E-state index contributed by atoms with van der Waals surface area (Å²) in [7, 11) is 3.09. The Hall–Kier alpha value is -3.49. The van der Waals surface area contributed by atoms with Crippen molar-refractivity contribution >= 4 is 23.1 Å². The van der Waals surface area contributed by atoms with Crippen LogP contribution in [0.2, 0.25) is 0 Å². The summed E-state index contributed by atoms with van der Waals surface area (Å²) in [6.07, 6.45) is -2.85. The Morgan fingerprint density at radius 1 is 0.893 bits per heavy atom. The Morgan fingerprint density at radius 2 is 1.64 bits per heavy atom. The first-order valence-corrected chi connectivity index (χ1v) is 8.15. The molecule has 146 valence electrons. The molecule has 0 saturated heterocycles. The molecule has 9 heteroatoms. The Bertz CT molecular complexity index is 947. The largest absolute Gasteiger partial charge is 0.497 e. The minimum Gasteiger partial charge on any atom is -0.497 e. The summed E-state index contributed by atoms with van der Waals surface area (Å²) in [5.74, 6) is 1.90. The van der Waals surface area contributed by atoms with Crippen molar-refractivity contribution in [1.29, 1.82) is 0 Å². The number of halogens is 3. The molecular formula is C19H17F3N4O2. The fourth-order valence-electron chi connectivity index (χ4n) is 2.40. The van der Waals surface area contributed by atoms with Gasteiger partial charge >= 0.3 is 6.18 Å². The summed E-state index contributed by atoms with van der Waals surface area (Å²) < 4.78 is 48.4. The van der Waals surface area contributed by atoms with Gasteiger partial charge in [0.25, 0.3) is 0 Å². The minimum absolute atomic E-state index is 0.292. The second-order valence-corrected chi connectivity index (χ2v) is 5.66. The number of methoxy groups -OCH3 is 2. The van der Waals surface area contributed by atoms with Crippen LogP contribution in [0, 0.1) is 0 Å². The van der Waals surface area contributed by atoms with Crippen LogP contribution in [-0.2, 0) is 6.18 Å². The molecule has 0 spiro atoms. The standard InChI is InChI=1S/C19H17F3N4O2/c1-27-14-7-8-15(16(11-14)28-2)25-18-23-10-9-17(26-18)24-13-5-3-12(4-6-13)19(20,21)22/h3-11H,1-2H3,(H2,23,24,25,26). The van der Waals surface area contributed by atoms with Crippen molar-refractivity contribution in [3.63, 3.8) is 0 Å². The van der Waals surface area contributed by atoms with Gasteiger partial charge in [-0.1, -0.05) is 0 Å². The van der Waals surface area contributed by atoms with E-state index in [1.54, 1.807) is 31.4 Å². The molecule has 0 unspecified atom stereocenters. The molecule has 0 bridgehead atoms. The maximum absolute atomic E-state index is 12.6. The Kier molecular flexibility index (Phi) is 5.53. The van der Waals surface area contributed by atoms with E-state index in [0.717, 1.165) is 12.1 Å². The molecular weight excluding hydrogens is 373 g/mol. The molecule has 1 heterocycles. The highest BCUT2D eigenvalue weighted by atomic mass is 19.4. The van der Waals surface area contributed by atoms with E-state index in [1.165, 1.54) is 25.4 Å². The highest BCUT2D eigenvalue weighted by molar-refractivity contribution is 5.65. The van der Waals surface area contributed by atoms with Crippen LogP contribution in [0.5, 0.6) is 11.5 Å². The van der Waals surface area contributed by atoms with Crippen LogP contribution >= 0.6 is 0 Å². The van der Waals surface area contributed by atoms with Gasteiger partial charge in [-0.05, 0) is 42.5 Å². The van der Waals surface area contributed by atoms with Crippen LogP contribution in [0.4, 0.5) is 36.3 Å². The number of hydrogen-bond donors (Lipinski definition) is 2. The lowest BCUT2D eigenvalue weighted by atomic mass is 10.2. The smallest absolute Gasteiger partial charge is 0.416 e. The lowest BCUT2D eigenvalue weighted by Crippen LogP contribution is -2.05. The number of rotatable bonds is 6. The minimum atomic E-state index is -4.37. The normalized spacial score (nSPS) is 11.0. The van der Waals surface area contributed by atoms with Crippen molar-refractivity contribution < 1.29 is 22.6 Å². The summed E-state index contributed by atoms with van der Waals surface area (Å²) >= 11 is 0. The van der Waals surface area contributed by atoms with Gasteiger partial charge in [0, 0.05) is 18.0 Å². The first-order valence-electron chi connectivity index (χ1n) is 8.15. The van der Waals surface area contributed by atoms with Crippen LogP contribution in [0.1, 0.15) is 5.56 Å². The van der Waals surface area contributed by atoms with E-state index < -0.39 is 11.7 Å². The highest BCUT2D eigenvalue weighted by Crippen LogP contribution is 2.32. The highest BCUT2D eigenvalue weighted by Gasteiger charge is 2.29. The molecule has 0 amide bonds. The first kappa shape index (κ1) is 19.3. The number of aromatic nitrogens is 2. The number of nitrogens with one attached hydrogen (secondary N) is 2. The summed E-state index contributed by atoms with van der Waals surface area (Å²) in [5, 5.41) is 5.98. The predicted octanol–water partition coefficient (Wildman–Crippen LogP) is 5.00. The zero-order chi connectivity index (χ0) is 20.1. The van der Waals surface area contributed by atoms with E-state index in [0.29, 0.717) is 34.6 Å². The number of alkyl halides is 3. The number of nitrogens with zero attached hydrogens (tertiary/aromatic N) is 2. The maximum Gasteiger partial charge on any atom is 0.416 e. The molecule has 0 aliphatic rings. The van der Waals surface area contributed by atoms with Crippen LogP contribution in [-0.4, -0.2) is 24.2 Å². The molecule has 0 aliphatic heterocycles.